The van der Waals surface area contributed by atoms with E-state index in [2.05, 4.69) is 15.5 Å². The van der Waals surface area contributed by atoms with Gasteiger partial charge in [-0.3, -0.25) is 4.79 Å². The highest BCUT2D eigenvalue weighted by Crippen LogP contribution is 2.15. The van der Waals surface area contributed by atoms with Gasteiger partial charge in [0, 0.05) is 6.54 Å². The smallest absolute Gasteiger partial charge is 0.253 e. The molecule has 0 spiro atoms. The van der Waals surface area contributed by atoms with E-state index in [-0.39, 0.29) is 12.5 Å². The zero-order valence-corrected chi connectivity index (χ0v) is 12.3. The number of aromatic nitrogens is 2. The molecule has 5 nitrogen and oxygen atoms in total. The summed E-state index contributed by atoms with van der Waals surface area (Å²) in [5, 5.41) is 24.4. The number of nitrogens with one attached hydrogen (secondary N) is 1. The zero-order valence-electron chi connectivity index (χ0n) is 11.5. The van der Waals surface area contributed by atoms with Crippen LogP contribution in [-0.2, 0) is 6.42 Å². The zero-order chi connectivity index (χ0) is 14.5. The van der Waals surface area contributed by atoms with Gasteiger partial charge in [0.1, 0.15) is 0 Å². The first-order valence-electron chi connectivity index (χ1n) is 6.43. The molecule has 6 heteroatoms. The number of nitrogens with zero attached hydrogens (tertiary/aromatic N) is 2. The second kappa shape index (κ2) is 6.58. The maximum absolute atomic E-state index is 12.2. The summed E-state index contributed by atoms with van der Waals surface area (Å²) in [6, 6.07) is 3.56. The first kappa shape index (κ1) is 14.6. The molecule has 1 atom stereocenters. The molecule has 0 saturated heterocycles. The first-order valence-corrected chi connectivity index (χ1v) is 7.37. The highest BCUT2D eigenvalue weighted by molar-refractivity contribution is 7.07. The van der Waals surface area contributed by atoms with Gasteiger partial charge in [0.15, 0.2) is 0 Å². The van der Waals surface area contributed by atoms with Gasteiger partial charge in [-0.25, -0.2) is 0 Å². The molecule has 2 N–H and O–H groups in total. The number of aliphatic hydroxyl groups is 1. The predicted molar refractivity (Wildman–Crippen MR) is 77.8 cm³/mol. The molecule has 2 rings (SSSR count). The Hall–Kier alpha value is -1.79. The number of aliphatic hydroxyl groups excluding tert-OH is 1. The number of rotatable bonds is 5. The number of hydrogen-bond donors (Lipinski definition) is 2. The van der Waals surface area contributed by atoms with Crippen molar-refractivity contribution in [3.8, 4) is 0 Å². The van der Waals surface area contributed by atoms with Gasteiger partial charge in [0.25, 0.3) is 5.91 Å². The average molecular weight is 291 g/mol. The Morgan fingerprint density at radius 3 is 2.95 bits per heavy atom. The van der Waals surface area contributed by atoms with Crippen LogP contribution >= 0.6 is 11.3 Å². The van der Waals surface area contributed by atoms with E-state index < -0.39 is 6.10 Å². The Morgan fingerprint density at radius 2 is 2.30 bits per heavy atom. The Balaban J connectivity index is 2.03. The lowest BCUT2D eigenvalue weighted by atomic mass is 10.1. The highest BCUT2D eigenvalue weighted by atomic mass is 32.1. The number of hydrogen-bond acceptors (Lipinski definition) is 5. The highest BCUT2D eigenvalue weighted by Gasteiger charge is 2.15. The molecule has 0 aromatic carbocycles. The third-order valence-corrected chi connectivity index (χ3v) is 3.66. The summed E-state index contributed by atoms with van der Waals surface area (Å²) in [6.07, 6.45) is -0.0467. The lowest BCUT2D eigenvalue weighted by Gasteiger charge is -2.12. The van der Waals surface area contributed by atoms with Crippen molar-refractivity contribution in [2.24, 2.45) is 0 Å². The fourth-order valence-electron chi connectivity index (χ4n) is 1.84. The summed E-state index contributed by atoms with van der Waals surface area (Å²) in [6.45, 7) is 3.90. The molecule has 0 bridgehead atoms. The summed E-state index contributed by atoms with van der Waals surface area (Å²) in [7, 11) is 0. The van der Waals surface area contributed by atoms with Crippen LogP contribution in [0, 0.1) is 6.92 Å². The molecule has 0 aliphatic rings. The second-order valence-electron chi connectivity index (χ2n) is 4.48. The van der Waals surface area contributed by atoms with Gasteiger partial charge in [0.05, 0.1) is 23.1 Å². The van der Waals surface area contributed by atoms with Crippen LogP contribution in [-0.4, -0.2) is 27.8 Å². The quantitative estimate of drug-likeness (QED) is 0.882. The molecule has 2 aromatic heterocycles. The van der Waals surface area contributed by atoms with E-state index >= 15 is 0 Å². The summed E-state index contributed by atoms with van der Waals surface area (Å²) in [5.74, 6) is -0.228. The SMILES string of the molecule is CCc1nnc(C)cc1C(=O)NCC(O)c1ccsc1. The van der Waals surface area contributed by atoms with Crippen LogP contribution in [0.4, 0.5) is 0 Å². The molecule has 106 valence electrons. The molecule has 1 amide bonds. The topological polar surface area (TPSA) is 75.1 Å². The molecule has 0 radical (unpaired) electrons. The minimum Gasteiger partial charge on any atom is -0.387 e. The van der Waals surface area contributed by atoms with E-state index in [1.807, 2.05) is 23.8 Å². The Morgan fingerprint density at radius 1 is 1.50 bits per heavy atom. The molecular weight excluding hydrogens is 274 g/mol. The molecule has 2 aromatic rings. The number of aryl methyl sites for hydroxylation is 2. The van der Waals surface area contributed by atoms with Crippen LogP contribution in [0.25, 0.3) is 0 Å². The third-order valence-electron chi connectivity index (χ3n) is 2.96. The molecule has 20 heavy (non-hydrogen) atoms. The number of carbonyl (C=O) groups is 1. The van der Waals surface area contributed by atoms with Gasteiger partial charge in [0.2, 0.25) is 0 Å². The van der Waals surface area contributed by atoms with Crippen LogP contribution in [0.2, 0.25) is 0 Å². The fraction of sp³-hybridized carbons (Fsp3) is 0.357. The third kappa shape index (κ3) is 3.40. The van der Waals surface area contributed by atoms with Gasteiger partial charge in [-0.05, 0) is 41.8 Å². The maximum atomic E-state index is 12.2. The van der Waals surface area contributed by atoms with E-state index in [1.54, 1.807) is 13.0 Å². The standard InChI is InChI=1S/C14H17N3O2S/c1-3-12-11(6-9(2)16-17-12)14(19)15-7-13(18)10-4-5-20-8-10/h4-6,8,13,18H,3,7H2,1-2H3,(H,15,19). The molecule has 1 unspecified atom stereocenters. The fourth-order valence-corrected chi connectivity index (χ4v) is 2.55. The number of thiophene rings is 1. The van der Waals surface area contributed by atoms with Crippen molar-refractivity contribution < 1.29 is 9.90 Å². The Bertz CT molecular complexity index is 584. The van der Waals surface area contributed by atoms with Gasteiger partial charge in [-0.15, -0.1) is 0 Å². The number of amides is 1. The maximum Gasteiger partial charge on any atom is 0.253 e. The summed E-state index contributed by atoms with van der Waals surface area (Å²) >= 11 is 1.52. The van der Waals surface area contributed by atoms with Crippen molar-refractivity contribution in [2.75, 3.05) is 6.54 Å². The molecule has 0 saturated carbocycles. The van der Waals surface area contributed by atoms with Crippen LogP contribution < -0.4 is 5.32 Å². The van der Waals surface area contributed by atoms with E-state index in [4.69, 9.17) is 0 Å². The van der Waals surface area contributed by atoms with Gasteiger partial charge in [-0.1, -0.05) is 6.92 Å². The molecule has 0 aliphatic heterocycles. The summed E-state index contributed by atoms with van der Waals surface area (Å²) in [5.41, 5.74) is 2.71. The molecule has 2 heterocycles. The van der Waals surface area contributed by atoms with Crippen molar-refractivity contribution in [1.29, 1.82) is 0 Å². The van der Waals surface area contributed by atoms with Crippen molar-refractivity contribution in [2.45, 2.75) is 26.4 Å². The van der Waals surface area contributed by atoms with Crippen molar-refractivity contribution >= 4 is 17.2 Å². The molecular formula is C14H17N3O2S. The minimum atomic E-state index is -0.689. The normalized spacial score (nSPS) is 12.2. The van der Waals surface area contributed by atoms with Gasteiger partial charge < -0.3 is 10.4 Å². The molecule has 0 fully saturated rings. The second-order valence-corrected chi connectivity index (χ2v) is 5.26. The first-order chi connectivity index (χ1) is 9.61. The van der Waals surface area contributed by atoms with Gasteiger partial charge in [-0.2, -0.15) is 21.5 Å². The molecule has 0 aliphatic carbocycles. The lowest BCUT2D eigenvalue weighted by Crippen LogP contribution is -2.29. The van der Waals surface area contributed by atoms with Crippen LogP contribution in [0.3, 0.4) is 0 Å². The Labute approximate surface area is 121 Å². The van der Waals surface area contributed by atoms with Crippen LogP contribution in [0.1, 0.15) is 40.3 Å². The van der Waals surface area contributed by atoms with Crippen LogP contribution in [0.5, 0.6) is 0 Å². The number of carbonyl (C=O) groups excluding carboxylic acids is 1. The van der Waals surface area contributed by atoms with Crippen molar-refractivity contribution in [3.05, 3.63) is 45.4 Å². The van der Waals surface area contributed by atoms with Crippen molar-refractivity contribution in [1.82, 2.24) is 15.5 Å². The summed E-state index contributed by atoms with van der Waals surface area (Å²) < 4.78 is 0. The van der Waals surface area contributed by atoms with E-state index in [1.165, 1.54) is 11.3 Å². The summed E-state index contributed by atoms with van der Waals surface area (Å²) in [4.78, 5) is 12.2. The largest absolute Gasteiger partial charge is 0.387 e. The van der Waals surface area contributed by atoms with Crippen LogP contribution in [0.15, 0.2) is 22.9 Å². The van der Waals surface area contributed by atoms with E-state index in [9.17, 15) is 9.90 Å². The van der Waals surface area contributed by atoms with Crippen molar-refractivity contribution in [3.63, 3.8) is 0 Å². The Kier molecular flexibility index (Phi) is 4.81. The monoisotopic (exact) mass is 291 g/mol. The van der Waals surface area contributed by atoms with E-state index in [0.29, 0.717) is 23.4 Å². The van der Waals surface area contributed by atoms with Gasteiger partial charge >= 0.3 is 0 Å². The predicted octanol–water partition coefficient (Wildman–Crippen LogP) is 1.87. The average Bonchev–Trinajstić information content (AvgIpc) is 2.98. The lowest BCUT2D eigenvalue weighted by molar-refractivity contribution is 0.0915. The minimum absolute atomic E-state index is 0.181. The van der Waals surface area contributed by atoms with E-state index in [0.717, 1.165) is 5.56 Å².